The SMILES string of the molecule is CN[C@@H](C)C(=O)N1CCC(C)C1. The Hall–Kier alpha value is -0.570. The third-order valence-electron chi connectivity index (χ3n) is 2.54. The molecule has 0 bridgehead atoms. The Bertz CT molecular complexity index is 170. The molecule has 0 spiro atoms. The van der Waals surface area contributed by atoms with Gasteiger partial charge in [-0.1, -0.05) is 6.92 Å². The van der Waals surface area contributed by atoms with E-state index in [1.807, 2.05) is 18.9 Å². The van der Waals surface area contributed by atoms with Gasteiger partial charge < -0.3 is 10.2 Å². The van der Waals surface area contributed by atoms with Gasteiger partial charge in [0.1, 0.15) is 0 Å². The van der Waals surface area contributed by atoms with Crippen molar-refractivity contribution in [1.29, 1.82) is 0 Å². The number of likely N-dealkylation sites (tertiary alicyclic amines) is 1. The third-order valence-corrected chi connectivity index (χ3v) is 2.54. The van der Waals surface area contributed by atoms with E-state index in [0.29, 0.717) is 5.92 Å². The van der Waals surface area contributed by atoms with E-state index < -0.39 is 0 Å². The van der Waals surface area contributed by atoms with Gasteiger partial charge in [0.25, 0.3) is 0 Å². The maximum atomic E-state index is 11.6. The molecule has 0 saturated carbocycles. The fourth-order valence-electron chi connectivity index (χ4n) is 1.53. The normalized spacial score (nSPS) is 25.9. The highest BCUT2D eigenvalue weighted by atomic mass is 16.2. The summed E-state index contributed by atoms with van der Waals surface area (Å²) in [6.45, 7) is 5.97. The van der Waals surface area contributed by atoms with Gasteiger partial charge in [-0.2, -0.15) is 0 Å². The summed E-state index contributed by atoms with van der Waals surface area (Å²) in [6, 6.07) is -0.0321. The summed E-state index contributed by atoms with van der Waals surface area (Å²) in [4.78, 5) is 13.5. The average Bonchev–Trinajstić information content (AvgIpc) is 2.49. The van der Waals surface area contributed by atoms with Crippen molar-refractivity contribution >= 4 is 5.91 Å². The first-order chi connectivity index (χ1) is 5.65. The molecule has 1 fully saturated rings. The summed E-state index contributed by atoms with van der Waals surface area (Å²) < 4.78 is 0. The largest absolute Gasteiger partial charge is 0.341 e. The lowest BCUT2D eigenvalue weighted by atomic mass is 10.2. The Kier molecular flexibility index (Phi) is 3.09. The molecule has 1 saturated heterocycles. The predicted octanol–water partition coefficient (Wildman–Crippen LogP) is 0.463. The number of amides is 1. The van der Waals surface area contributed by atoms with E-state index in [-0.39, 0.29) is 11.9 Å². The minimum Gasteiger partial charge on any atom is -0.341 e. The van der Waals surface area contributed by atoms with Crippen LogP contribution >= 0.6 is 0 Å². The summed E-state index contributed by atoms with van der Waals surface area (Å²) in [7, 11) is 1.82. The van der Waals surface area contributed by atoms with E-state index >= 15 is 0 Å². The van der Waals surface area contributed by atoms with E-state index in [9.17, 15) is 4.79 Å². The van der Waals surface area contributed by atoms with Crippen LogP contribution in [0.15, 0.2) is 0 Å². The molecular weight excluding hydrogens is 152 g/mol. The maximum absolute atomic E-state index is 11.6. The number of carbonyl (C=O) groups excluding carboxylic acids is 1. The first kappa shape index (κ1) is 9.52. The van der Waals surface area contributed by atoms with Gasteiger partial charge in [-0.3, -0.25) is 4.79 Å². The van der Waals surface area contributed by atoms with Crippen molar-refractivity contribution in [3.05, 3.63) is 0 Å². The number of nitrogens with one attached hydrogen (secondary N) is 1. The lowest BCUT2D eigenvalue weighted by Crippen LogP contribution is -2.42. The highest BCUT2D eigenvalue weighted by Crippen LogP contribution is 2.15. The number of rotatable bonds is 2. The standard InChI is InChI=1S/C9H18N2O/c1-7-4-5-11(6-7)9(12)8(2)10-3/h7-8,10H,4-6H2,1-3H3/t7?,8-/m0/s1. The van der Waals surface area contributed by atoms with Gasteiger partial charge in [0, 0.05) is 13.1 Å². The van der Waals surface area contributed by atoms with Crippen molar-refractivity contribution in [2.75, 3.05) is 20.1 Å². The molecule has 0 radical (unpaired) electrons. The smallest absolute Gasteiger partial charge is 0.239 e. The highest BCUT2D eigenvalue weighted by Gasteiger charge is 2.25. The molecule has 1 unspecified atom stereocenters. The van der Waals surface area contributed by atoms with Gasteiger partial charge in [0.05, 0.1) is 6.04 Å². The fraction of sp³-hybridized carbons (Fsp3) is 0.889. The van der Waals surface area contributed by atoms with Crippen molar-refractivity contribution in [2.45, 2.75) is 26.3 Å². The summed E-state index contributed by atoms with van der Waals surface area (Å²) >= 11 is 0. The van der Waals surface area contributed by atoms with Crippen LogP contribution < -0.4 is 5.32 Å². The Labute approximate surface area is 74.1 Å². The summed E-state index contributed by atoms with van der Waals surface area (Å²) in [5.41, 5.74) is 0. The number of carbonyl (C=O) groups is 1. The van der Waals surface area contributed by atoms with Crippen LogP contribution in [0, 0.1) is 5.92 Å². The summed E-state index contributed by atoms with van der Waals surface area (Å²) in [6.07, 6.45) is 1.15. The minimum atomic E-state index is -0.0321. The molecule has 1 N–H and O–H groups in total. The molecule has 3 heteroatoms. The Morgan fingerprint density at radius 3 is 2.75 bits per heavy atom. The second-order valence-electron chi connectivity index (χ2n) is 3.69. The quantitative estimate of drug-likeness (QED) is 0.653. The average molecular weight is 170 g/mol. The zero-order valence-electron chi connectivity index (χ0n) is 8.13. The van der Waals surface area contributed by atoms with Gasteiger partial charge in [-0.15, -0.1) is 0 Å². The fourth-order valence-corrected chi connectivity index (χ4v) is 1.53. The van der Waals surface area contributed by atoms with Gasteiger partial charge in [0.2, 0.25) is 5.91 Å². The van der Waals surface area contributed by atoms with Crippen molar-refractivity contribution in [1.82, 2.24) is 10.2 Å². The van der Waals surface area contributed by atoms with Gasteiger partial charge >= 0.3 is 0 Å². The second-order valence-corrected chi connectivity index (χ2v) is 3.69. The summed E-state index contributed by atoms with van der Waals surface area (Å²) in [5.74, 6) is 0.917. The summed E-state index contributed by atoms with van der Waals surface area (Å²) in [5, 5.41) is 2.97. The van der Waals surface area contributed by atoms with Crippen LogP contribution in [-0.2, 0) is 4.79 Å². The Balaban J connectivity index is 2.43. The lowest BCUT2D eigenvalue weighted by Gasteiger charge is -2.19. The highest BCUT2D eigenvalue weighted by molar-refractivity contribution is 5.81. The molecule has 0 aliphatic carbocycles. The molecule has 1 heterocycles. The zero-order chi connectivity index (χ0) is 9.14. The van der Waals surface area contributed by atoms with E-state index in [4.69, 9.17) is 0 Å². The number of likely N-dealkylation sites (N-methyl/N-ethyl adjacent to an activating group) is 1. The van der Waals surface area contributed by atoms with Crippen LogP contribution in [0.3, 0.4) is 0 Å². The Morgan fingerprint density at radius 2 is 2.33 bits per heavy atom. The topological polar surface area (TPSA) is 32.3 Å². The molecule has 1 aliphatic heterocycles. The number of hydrogen-bond donors (Lipinski definition) is 1. The molecule has 0 aromatic rings. The van der Waals surface area contributed by atoms with Crippen molar-refractivity contribution < 1.29 is 4.79 Å². The predicted molar refractivity (Wildman–Crippen MR) is 48.9 cm³/mol. The first-order valence-corrected chi connectivity index (χ1v) is 4.61. The van der Waals surface area contributed by atoms with Gasteiger partial charge in [-0.05, 0) is 26.3 Å². The van der Waals surface area contributed by atoms with Crippen molar-refractivity contribution in [3.8, 4) is 0 Å². The molecule has 12 heavy (non-hydrogen) atoms. The zero-order valence-corrected chi connectivity index (χ0v) is 8.13. The van der Waals surface area contributed by atoms with E-state index in [2.05, 4.69) is 12.2 Å². The van der Waals surface area contributed by atoms with Crippen molar-refractivity contribution in [3.63, 3.8) is 0 Å². The molecule has 0 aromatic carbocycles. The molecule has 1 amide bonds. The minimum absolute atomic E-state index is 0.0321. The van der Waals surface area contributed by atoms with E-state index in [1.165, 1.54) is 0 Å². The maximum Gasteiger partial charge on any atom is 0.239 e. The third kappa shape index (κ3) is 1.97. The van der Waals surface area contributed by atoms with Crippen LogP contribution in [0.4, 0.5) is 0 Å². The van der Waals surface area contributed by atoms with Crippen LogP contribution in [0.1, 0.15) is 20.3 Å². The van der Waals surface area contributed by atoms with Crippen molar-refractivity contribution in [2.24, 2.45) is 5.92 Å². The van der Waals surface area contributed by atoms with Gasteiger partial charge in [0.15, 0.2) is 0 Å². The molecular formula is C9H18N2O. The first-order valence-electron chi connectivity index (χ1n) is 4.61. The monoisotopic (exact) mass is 170 g/mol. The van der Waals surface area contributed by atoms with Gasteiger partial charge in [-0.25, -0.2) is 0 Å². The van der Waals surface area contributed by atoms with Crippen LogP contribution in [0.25, 0.3) is 0 Å². The van der Waals surface area contributed by atoms with Crippen LogP contribution in [0.5, 0.6) is 0 Å². The van der Waals surface area contributed by atoms with E-state index in [0.717, 1.165) is 19.5 Å². The Morgan fingerprint density at radius 1 is 1.67 bits per heavy atom. The van der Waals surface area contributed by atoms with Crippen LogP contribution in [-0.4, -0.2) is 37.0 Å². The molecule has 70 valence electrons. The molecule has 2 atom stereocenters. The number of nitrogens with zero attached hydrogens (tertiary/aromatic N) is 1. The van der Waals surface area contributed by atoms with Crippen LogP contribution in [0.2, 0.25) is 0 Å². The second kappa shape index (κ2) is 3.90. The molecule has 1 aliphatic rings. The number of hydrogen-bond acceptors (Lipinski definition) is 2. The lowest BCUT2D eigenvalue weighted by molar-refractivity contribution is -0.131. The molecule has 1 rings (SSSR count). The van der Waals surface area contributed by atoms with E-state index in [1.54, 1.807) is 0 Å². The molecule has 0 aromatic heterocycles. The molecule has 3 nitrogen and oxygen atoms in total.